The third-order valence-electron chi connectivity index (χ3n) is 6.87. The van der Waals surface area contributed by atoms with Gasteiger partial charge in [-0.1, -0.05) is 55.5 Å². The first-order valence-electron chi connectivity index (χ1n) is 13.0. The number of nitrogens with two attached hydrogens (primary N) is 1. The number of likely N-dealkylation sites (tertiary alicyclic amines) is 1. The number of unbranched alkanes of at least 4 members (excludes halogenated alkanes) is 1. The molecule has 3 aromatic rings. The van der Waals surface area contributed by atoms with Crippen LogP contribution in [0.25, 0.3) is 11.0 Å². The molecule has 0 atom stereocenters. The fraction of sp³-hybridized carbons (Fsp3) is 0.517. The Kier molecular flexibility index (Phi) is 8.79. The second-order valence-electron chi connectivity index (χ2n) is 9.88. The summed E-state index contributed by atoms with van der Waals surface area (Å²) in [7, 11) is 0. The molecule has 0 bridgehead atoms. The summed E-state index contributed by atoms with van der Waals surface area (Å²) in [5, 5.41) is 0. The van der Waals surface area contributed by atoms with E-state index >= 15 is 0 Å². The van der Waals surface area contributed by atoms with Crippen molar-refractivity contribution in [2.45, 2.75) is 78.7 Å². The second kappa shape index (κ2) is 12.2. The first-order valence-corrected chi connectivity index (χ1v) is 13.0. The molecular weight excluding hydrogens is 434 g/mol. The smallest absolute Gasteiger partial charge is 0.151 e. The molecule has 1 aliphatic rings. The Bertz CT molecular complexity index is 1150. The molecule has 4 rings (SSSR count). The topological polar surface area (TPSA) is 69.2 Å². The second-order valence-corrected chi connectivity index (χ2v) is 9.88. The molecule has 1 aromatic carbocycles. The van der Waals surface area contributed by atoms with Crippen LogP contribution in [0.3, 0.4) is 0 Å². The fourth-order valence-electron chi connectivity index (χ4n) is 4.71. The number of fused-ring (bicyclic) bond motifs is 1. The van der Waals surface area contributed by atoms with E-state index in [-0.39, 0.29) is 0 Å². The average Bonchev–Trinajstić information content (AvgIpc) is 3.21. The van der Waals surface area contributed by atoms with Crippen LogP contribution in [-0.2, 0) is 24.5 Å². The van der Waals surface area contributed by atoms with Gasteiger partial charge in [0.25, 0.3) is 0 Å². The van der Waals surface area contributed by atoms with Gasteiger partial charge >= 0.3 is 0 Å². The number of nitrogen functional groups attached to an aromatic ring is 1. The Balaban J connectivity index is 1.52. The van der Waals surface area contributed by atoms with Crippen molar-refractivity contribution in [3.05, 3.63) is 53.5 Å². The number of piperidine rings is 1. The summed E-state index contributed by atoms with van der Waals surface area (Å²) in [5.74, 6) is 8.84. The van der Waals surface area contributed by atoms with Crippen molar-refractivity contribution in [3.63, 3.8) is 0 Å². The number of rotatable bonds is 9. The van der Waals surface area contributed by atoms with Crippen LogP contribution in [-0.4, -0.2) is 38.6 Å². The molecule has 1 saturated heterocycles. The summed E-state index contributed by atoms with van der Waals surface area (Å²) < 4.78 is 8.01. The van der Waals surface area contributed by atoms with E-state index in [9.17, 15) is 0 Å². The fourth-order valence-corrected chi connectivity index (χ4v) is 4.71. The normalized spacial score (nSPS) is 15.0. The summed E-state index contributed by atoms with van der Waals surface area (Å²) in [4.78, 5) is 12.0. The van der Waals surface area contributed by atoms with Crippen LogP contribution in [0.1, 0.15) is 69.8 Å². The van der Waals surface area contributed by atoms with Gasteiger partial charge in [0.05, 0.1) is 12.2 Å². The molecule has 0 saturated carbocycles. The van der Waals surface area contributed by atoms with Crippen LogP contribution in [0.4, 0.5) is 5.82 Å². The molecular formula is C29H39N5O. The maximum atomic E-state index is 6.43. The Morgan fingerprint density at radius 3 is 2.63 bits per heavy atom. The lowest BCUT2D eigenvalue weighted by atomic mass is 9.93. The van der Waals surface area contributed by atoms with E-state index in [1.165, 1.54) is 25.9 Å². The highest BCUT2D eigenvalue weighted by Gasteiger charge is 2.20. The molecule has 1 aliphatic heterocycles. The Hall–Kier alpha value is -2.88. The number of hydrogen-bond donors (Lipinski definition) is 1. The van der Waals surface area contributed by atoms with Gasteiger partial charge in [0.15, 0.2) is 5.82 Å². The predicted octanol–water partition coefficient (Wildman–Crippen LogP) is 5.39. The summed E-state index contributed by atoms with van der Waals surface area (Å²) in [6.45, 7) is 9.99. The molecule has 0 aliphatic carbocycles. The third-order valence-corrected chi connectivity index (χ3v) is 6.87. The monoisotopic (exact) mass is 473 g/mol. The Labute approximate surface area is 209 Å². The maximum Gasteiger partial charge on any atom is 0.151 e. The quantitative estimate of drug-likeness (QED) is 0.422. The summed E-state index contributed by atoms with van der Waals surface area (Å²) in [5.41, 5.74) is 10.1. The molecule has 2 aromatic heterocycles. The van der Waals surface area contributed by atoms with Gasteiger partial charge in [-0.05, 0) is 57.7 Å². The highest BCUT2D eigenvalue weighted by atomic mass is 16.5. The van der Waals surface area contributed by atoms with Crippen molar-refractivity contribution in [2.75, 3.05) is 18.8 Å². The number of hydrogen-bond acceptors (Lipinski definition) is 5. The van der Waals surface area contributed by atoms with Gasteiger partial charge < -0.3 is 19.9 Å². The largest absolute Gasteiger partial charge is 0.382 e. The summed E-state index contributed by atoms with van der Waals surface area (Å²) >= 11 is 0. The van der Waals surface area contributed by atoms with Gasteiger partial charge in [-0.2, -0.15) is 0 Å². The van der Waals surface area contributed by atoms with Gasteiger partial charge in [-0.15, -0.1) is 0 Å². The zero-order chi connectivity index (χ0) is 24.6. The minimum absolute atomic E-state index is 0.378. The van der Waals surface area contributed by atoms with Crippen LogP contribution in [0.15, 0.2) is 36.5 Å². The first kappa shape index (κ1) is 25.2. The lowest BCUT2D eigenvalue weighted by Gasteiger charge is -2.33. The number of aromatic nitrogens is 3. The van der Waals surface area contributed by atoms with Crippen molar-refractivity contribution < 1.29 is 4.74 Å². The molecule has 0 amide bonds. The minimum Gasteiger partial charge on any atom is -0.382 e. The van der Waals surface area contributed by atoms with Crippen LogP contribution >= 0.6 is 0 Å². The van der Waals surface area contributed by atoms with E-state index in [0.29, 0.717) is 31.1 Å². The van der Waals surface area contributed by atoms with E-state index in [2.05, 4.69) is 54.6 Å². The Morgan fingerprint density at radius 2 is 1.91 bits per heavy atom. The molecule has 0 unspecified atom stereocenters. The highest BCUT2D eigenvalue weighted by molar-refractivity contribution is 5.90. The van der Waals surface area contributed by atoms with E-state index < -0.39 is 0 Å². The minimum atomic E-state index is 0.378. The standard InChI is InChI=1S/C29H39N5O/c1-4-5-14-26-31-27-25(13-9-12-23-15-17-33(18-16-23)22(2)3)19-34(28(27)29(30)32-26)21-35-20-24-10-7-6-8-11-24/h6-8,10-11,19,22-23H,4-5,12,14-18,20-21H2,1-3H3,(H2,30,31,32). The average molecular weight is 474 g/mol. The van der Waals surface area contributed by atoms with Gasteiger partial charge in [-0.25, -0.2) is 9.97 Å². The van der Waals surface area contributed by atoms with Crippen molar-refractivity contribution in [1.82, 2.24) is 19.4 Å². The van der Waals surface area contributed by atoms with Crippen LogP contribution in [0.5, 0.6) is 0 Å². The van der Waals surface area contributed by atoms with E-state index in [4.69, 9.17) is 15.5 Å². The zero-order valence-electron chi connectivity index (χ0n) is 21.5. The molecule has 2 N–H and O–H groups in total. The van der Waals surface area contributed by atoms with Gasteiger partial charge in [-0.3, -0.25) is 0 Å². The van der Waals surface area contributed by atoms with Gasteiger partial charge in [0.1, 0.15) is 23.6 Å². The number of benzene rings is 1. The van der Waals surface area contributed by atoms with Crippen LogP contribution in [0.2, 0.25) is 0 Å². The van der Waals surface area contributed by atoms with Crippen molar-refractivity contribution in [3.8, 4) is 11.8 Å². The lowest BCUT2D eigenvalue weighted by molar-refractivity contribution is 0.0668. The molecule has 6 nitrogen and oxygen atoms in total. The van der Waals surface area contributed by atoms with Gasteiger partial charge in [0.2, 0.25) is 0 Å². The molecule has 1 fully saturated rings. The van der Waals surface area contributed by atoms with E-state index in [0.717, 1.165) is 53.7 Å². The third kappa shape index (κ3) is 6.62. The van der Waals surface area contributed by atoms with E-state index in [1.807, 2.05) is 29.0 Å². The lowest BCUT2D eigenvalue weighted by Crippen LogP contribution is -2.38. The SMILES string of the molecule is CCCCc1nc(N)c2c(n1)c(C#CCC1CCN(C(C)C)CC1)cn2COCc1ccccc1. The number of anilines is 1. The molecule has 35 heavy (non-hydrogen) atoms. The summed E-state index contributed by atoms with van der Waals surface area (Å²) in [6, 6.07) is 10.8. The van der Waals surface area contributed by atoms with Crippen LogP contribution in [0, 0.1) is 17.8 Å². The first-order chi connectivity index (χ1) is 17.0. The highest BCUT2D eigenvalue weighted by Crippen LogP contribution is 2.25. The maximum absolute atomic E-state index is 6.43. The van der Waals surface area contributed by atoms with Crippen LogP contribution < -0.4 is 5.73 Å². The number of nitrogens with zero attached hydrogens (tertiary/aromatic N) is 4. The van der Waals surface area contributed by atoms with Gasteiger partial charge in [0, 0.05) is 25.1 Å². The van der Waals surface area contributed by atoms with Crippen molar-refractivity contribution in [1.29, 1.82) is 0 Å². The molecule has 186 valence electrons. The zero-order valence-corrected chi connectivity index (χ0v) is 21.5. The van der Waals surface area contributed by atoms with E-state index in [1.54, 1.807) is 0 Å². The Morgan fingerprint density at radius 1 is 1.14 bits per heavy atom. The molecule has 3 heterocycles. The molecule has 0 spiro atoms. The van der Waals surface area contributed by atoms with Crippen molar-refractivity contribution >= 4 is 16.9 Å². The predicted molar refractivity (Wildman–Crippen MR) is 143 cm³/mol. The number of ether oxygens (including phenoxy) is 1. The molecule has 0 radical (unpaired) electrons. The molecule has 6 heteroatoms. The van der Waals surface area contributed by atoms with Crippen molar-refractivity contribution in [2.24, 2.45) is 5.92 Å². The summed E-state index contributed by atoms with van der Waals surface area (Å²) in [6.07, 6.45) is 8.36. The number of aryl methyl sites for hydroxylation is 1.